The zero-order valence-electron chi connectivity index (χ0n) is 10.3. The summed E-state index contributed by atoms with van der Waals surface area (Å²) >= 11 is 4.63. The highest BCUT2D eigenvalue weighted by Gasteiger charge is 2.12. The molecule has 0 fully saturated rings. The predicted octanol–water partition coefficient (Wildman–Crippen LogP) is 3.18. The van der Waals surface area contributed by atoms with Crippen molar-refractivity contribution in [2.24, 2.45) is 0 Å². The van der Waals surface area contributed by atoms with Crippen molar-refractivity contribution in [1.29, 1.82) is 0 Å². The Morgan fingerprint density at radius 1 is 1.32 bits per heavy atom. The molecule has 1 N–H and O–H groups in total. The monoisotopic (exact) mass is 342 g/mol. The molecule has 0 saturated heterocycles. The number of aromatic nitrogens is 1. The number of amides is 1. The van der Waals surface area contributed by atoms with Gasteiger partial charge in [0, 0.05) is 5.56 Å². The van der Waals surface area contributed by atoms with Gasteiger partial charge >= 0.3 is 0 Å². The van der Waals surface area contributed by atoms with E-state index in [0.29, 0.717) is 22.2 Å². The molecule has 19 heavy (non-hydrogen) atoms. The molecule has 0 aliphatic heterocycles. The summed E-state index contributed by atoms with van der Waals surface area (Å²) in [4.78, 5) is 16.1. The lowest BCUT2D eigenvalue weighted by Crippen LogP contribution is -2.11. The fourth-order valence-corrected chi connectivity index (χ4v) is 2.56. The summed E-state index contributed by atoms with van der Waals surface area (Å²) in [6, 6.07) is 4.97. The van der Waals surface area contributed by atoms with Crippen molar-refractivity contribution in [3.05, 3.63) is 33.7 Å². The van der Waals surface area contributed by atoms with E-state index in [1.165, 1.54) is 18.4 Å². The highest BCUT2D eigenvalue weighted by molar-refractivity contribution is 9.11. The Labute approximate surface area is 122 Å². The Kier molecular flexibility index (Phi) is 4.39. The van der Waals surface area contributed by atoms with E-state index in [0.717, 1.165) is 3.79 Å². The molecule has 1 aromatic heterocycles. The van der Waals surface area contributed by atoms with Crippen molar-refractivity contribution in [2.75, 3.05) is 19.5 Å². The number of ether oxygens (including phenoxy) is 2. The Morgan fingerprint density at radius 3 is 2.63 bits per heavy atom. The van der Waals surface area contributed by atoms with E-state index < -0.39 is 0 Å². The summed E-state index contributed by atoms with van der Waals surface area (Å²) in [5.41, 5.74) is 0.476. The number of rotatable bonds is 4. The topological polar surface area (TPSA) is 60.5 Å². The van der Waals surface area contributed by atoms with Crippen LogP contribution in [0.15, 0.2) is 28.2 Å². The molecule has 1 heterocycles. The molecular weight excluding hydrogens is 332 g/mol. The molecule has 1 amide bonds. The van der Waals surface area contributed by atoms with Crippen LogP contribution in [0, 0.1) is 0 Å². The van der Waals surface area contributed by atoms with E-state index in [9.17, 15) is 4.79 Å². The smallest absolute Gasteiger partial charge is 0.257 e. The van der Waals surface area contributed by atoms with Crippen molar-refractivity contribution in [2.45, 2.75) is 0 Å². The van der Waals surface area contributed by atoms with Gasteiger partial charge in [0.25, 0.3) is 5.91 Å². The Bertz CT molecular complexity index is 600. The highest BCUT2D eigenvalue weighted by atomic mass is 79.9. The number of benzene rings is 1. The summed E-state index contributed by atoms with van der Waals surface area (Å²) < 4.78 is 11.1. The van der Waals surface area contributed by atoms with Crippen LogP contribution >= 0.6 is 27.3 Å². The lowest BCUT2D eigenvalue weighted by atomic mass is 10.2. The first-order valence-corrected chi connectivity index (χ1v) is 6.89. The van der Waals surface area contributed by atoms with E-state index >= 15 is 0 Å². The molecule has 0 bridgehead atoms. The molecule has 0 spiro atoms. The summed E-state index contributed by atoms with van der Waals surface area (Å²) in [6.45, 7) is 0. The number of hydrogen-bond donors (Lipinski definition) is 1. The number of hydrogen-bond acceptors (Lipinski definition) is 5. The van der Waals surface area contributed by atoms with Gasteiger partial charge in [-0.2, -0.15) is 0 Å². The average molecular weight is 343 g/mol. The first kappa shape index (κ1) is 13.8. The Morgan fingerprint density at radius 2 is 2.05 bits per heavy atom. The van der Waals surface area contributed by atoms with Crippen molar-refractivity contribution in [3.8, 4) is 11.5 Å². The van der Waals surface area contributed by atoms with Gasteiger partial charge in [-0.15, -0.1) is 0 Å². The van der Waals surface area contributed by atoms with Crippen LogP contribution in [0.4, 0.5) is 5.13 Å². The zero-order valence-corrected chi connectivity index (χ0v) is 12.7. The van der Waals surface area contributed by atoms with Gasteiger partial charge in [-0.05, 0) is 34.1 Å². The third-order valence-corrected chi connectivity index (χ3v) is 3.74. The largest absolute Gasteiger partial charge is 0.493 e. The lowest BCUT2D eigenvalue weighted by Gasteiger charge is -2.09. The molecule has 5 nitrogen and oxygen atoms in total. The van der Waals surface area contributed by atoms with Crippen molar-refractivity contribution < 1.29 is 14.3 Å². The van der Waals surface area contributed by atoms with Crippen LogP contribution in [0.1, 0.15) is 10.4 Å². The molecule has 0 atom stereocenters. The first-order chi connectivity index (χ1) is 9.13. The normalized spacial score (nSPS) is 10.1. The van der Waals surface area contributed by atoms with Crippen LogP contribution in [0.3, 0.4) is 0 Å². The molecule has 2 rings (SSSR count). The molecule has 0 aliphatic carbocycles. The van der Waals surface area contributed by atoms with E-state index in [-0.39, 0.29) is 5.91 Å². The van der Waals surface area contributed by atoms with Crippen LogP contribution in [0.5, 0.6) is 11.5 Å². The molecule has 0 unspecified atom stereocenters. The average Bonchev–Trinajstić information content (AvgIpc) is 2.83. The van der Waals surface area contributed by atoms with E-state index in [2.05, 4.69) is 26.2 Å². The van der Waals surface area contributed by atoms with E-state index in [1.807, 2.05) is 0 Å². The minimum atomic E-state index is -0.247. The number of nitrogens with zero attached hydrogens (tertiary/aromatic N) is 1. The number of thiazole rings is 1. The quantitative estimate of drug-likeness (QED) is 0.926. The fourth-order valence-electron chi connectivity index (χ4n) is 1.46. The van der Waals surface area contributed by atoms with Crippen molar-refractivity contribution in [1.82, 2.24) is 4.98 Å². The maximum absolute atomic E-state index is 12.0. The van der Waals surface area contributed by atoms with Crippen LogP contribution in [-0.4, -0.2) is 25.1 Å². The Balaban J connectivity index is 2.19. The van der Waals surface area contributed by atoms with Crippen LogP contribution in [-0.2, 0) is 0 Å². The Hall–Kier alpha value is -1.60. The number of nitrogens with one attached hydrogen (secondary N) is 1. The number of anilines is 1. The van der Waals surface area contributed by atoms with Crippen molar-refractivity contribution >= 4 is 38.3 Å². The number of methoxy groups -OCH3 is 2. The second kappa shape index (κ2) is 6.03. The van der Waals surface area contributed by atoms with Gasteiger partial charge in [0.05, 0.1) is 24.2 Å². The van der Waals surface area contributed by atoms with Gasteiger partial charge in [0.1, 0.15) is 0 Å². The molecule has 0 aliphatic rings. The molecule has 100 valence electrons. The standard InChI is InChI=1S/C12H11BrN2O3S/c1-17-8-4-3-7(5-9(8)18-2)11(16)15-12-14-6-10(13)19-12/h3-6H,1-2H3,(H,14,15,16). The zero-order chi connectivity index (χ0) is 13.8. The highest BCUT2D eigenvalue weighted by Crippen LogP contribution is 2.28. The molecule has 7 heteroatoms. The molecule has 1 aromatic carbocycles. The predicted molar refractivity (Wildman–Crippen MR) is 77.3 cm³/mol. The second-order valence-corrected chi connectivity index (χ2v) is 5.90. The molecule has 0 radical (unpaired) electrons. The summed E-state index contributed by atoms with van der Waals surface area (Å²) in [7, 11) is 3.07. The molecule has 2 aromatic rings. The first-order valence-electron chi connectivity index (χ1n) is 5.28. The third-order valence-electron chi connectivity index (χ3n) is 2.34. The second-order valence-electron chi connectivity index (χ2n) is 3.49. The van der Waals surface area contributed by atoms with Crippen LogP contribution in [0.2, 0.25) is 0 Å². The maximum atomic E-state index is 12.0. The number of carbonyl (C=O) groups excluding carboxylic acids is 1. The third kappa shape index (κ3) is 3.24. The van der Waals surface area contributed by atoms with Gasteiger partial charge in [0.15, 0.2) is 16.6 Å². The number of carbonyl (C=O) groups is 1. The number of halogens is 1. The summed E-state index contributed by atoms with van der Waals surface area (Å²) in [6.07, 6.45) is 1.63. The molecule has 0 saturated carbocycles. The van der Waals surface area contributed by atoms with Gasteiger partial charge in [0.2, 0.25) is 0 Å². The van der Waals surface area contributed by atoms with Gasteiger partial charge in [-0.1, -0.05) is 11.3 Å². The summed E-state index contributed by atoms with van der Waals surface area (Å²) in [5, 5.41) is 3.24. The van der Waals surface area contributed by atoms with E-state index in [4.69, 9.17) is 9.47 Å². The minimum Gasteiger partial charge on any atom is -0.493 e. The van der Waals surface area contributed by atoms with Gasteiger partial charge < -0.3 is 9.47 Å². The lowest BCUT2D eigenvalue weighted by molar-refractivity contribution is 0.102. The van der Waals surface area contributed by atoms with Crippen LogP contribution in [0.25, 0.3) is 0 Å². The minimum absolute atomic E-state index is 0.247. The SMILES string of the molecule is COc1ccc(C(=O)Nc2ncc(Br)s2)cc1OC. The van der Waals surface area contributed by atoms with E-state index in [1.54, 1.807) is 31.5 Å². The maximum Gasteiger partial charge on any atom is 0.257 e. The van der Waals surface area contributed by atoms with Gasteiger partial charge in [-0.25, -0.2) is 4.98 Å². The van der Waals surface area contributed by atoms with Gasteiger partial charge in [-0.3, -0.25) is 10.1 Å². The van der Waals surface area contributed by atoms with Crippen LogP contribution < -0.4 is 14.8 Å². The van der Waals surface area contributed by atoms with Crippen molar-refractivity contribution in [3.63, 3.8) is 0 Å². The fraction of sp³-hybridized carbons (Fsp3) is 0.167. The molecular formula is C12H11BrN2O3S. The summed E-state index contributed by atoms with van der Waals surface area (Å²) in [5.74, 6) is 0.842.